The molecule has 0 fully saturated rings. The lowest BCUT2D eigenvalue weighted by Gasteiger charge is -2.24. The van der Waals surface area contributed by atoms with Crippen molar-refractivity contribution >= 4 is 12.0 Å². The lowest BCUT2D eigenvalue weighted by Crippen LogP contribution is -2.42. The van der Waals surface area contributed by atoms with Gasteiger partial charge in [-0.1, -0.05) is 0 Å². The number of rotatable bonds is 4. The van der Waals surface area contributed by atoms with Gasteiger partial charge in [-0.15, -0.1) is 0 Å². The predicted molar refractivity (Wildman–Crippen MR) is 53.1 cm³/mol. The fourth-order valence-corrected chi connectivity index (χ4v) is 1.09. The summed E-state index contributed by atoms with van der Waals surface area (Å²) in [6.45, 7) is 1.64. The number of likely N-dealkylation sites (N-methyl/N-ethyl adjacent to an activating group) is 1. The van der Waals surface area contributed by atoms with Gasteiger partial charge in [-0.3, -0.25) is 4.79 Å². The molecule has 1 atom stereocenters. The third-order valence-electron chi connectivity index (χ3n) is 1.79. The van der Waals surface area contributed by atoms with Crippen molar-refractivity contribution in [2.75, 3.05) is 27.2 Å². The van der Waals surface area contributed by atoms with Crippen LogP contribution in [-0.2, 0) is 4.79 Å². The predicted octanol–water partition coefficient (Wildman–Crippen LogP) is 0.214. The van der Waals surface area contributed by atoms with Crippen molar-refractivity contribution in [2.24, 2.45) is 5.92 Å². The zero-order valence-corrected chi connectivity index (χ0v) is 9.10. The van der Waals surface area contributed by atoms with Crippen molar-refractivity contribution in [2.45, 2.75) is 6.92 Å². The maximum Gasteiger partial charge on any atom is 0.323 e. The molecule has 0 saturated heterocycles. The number of aliphatic carboxylic acids is 1. The number of hydrogen-bond acceptors (Lipinski definition) is 3. The second-order valence-electron chi connectivity index (χ2n) is 3.44. The van der Waals surface area contributed by atoms with Gasteiger partial charge in [0.05, 0.1) is 12.0 Å². The van der Waals surface area contributed by atoms with Crippen LogP contribution in [0, 0.1) is 17.2 Å². The smallest absolute Gasteiger partial charge is 0.323 e. The van der Waals surface area contributed by atoms with E-state index in [4.69, 9.17) is 10.4 Å². The number of amides is 2. The molecule has 84 valence electrons. The summed E-state index contributed by atoms with van der Waals surface area (Å²) in [5.74, 6) is -1.33. The van der Waals surface area contributed by atoms with Crippen LogP contribution >= 0.6 is 0 Å². The largest absolute Gasteiger partial charge is 0.480 e. The quantitative estimate of drug-likeness (QED) is 0.723. The van der Waals surface area contributed by atoms with Crippen LogP contribution in [0.5, 0.6) is 0 Å². The molecular formula is C9H15N3O3. The van der Waals surface area contributed by atoms with Crippen LogP contribution in [0.15, 0.2) is 0 Å². The van der Waals surface area contributed by atoms with E-state index in [9.17, 15) is 9.59 Å². The van der Waals surface area contributed by atoms with Gasteiger partial charge in [-0.05, 0) is 6.92 Å². The van der Waals surface area contributed by atoms with Gasteiger partial charge in [-0.25, -0.2) is 4.79 Å². The Kier molecular flexibility index (Phi) is 5.16. The van der Waals surface area contributed by atoms with E-state index in [1.54, 1.807) is 6.92 Å². The first-order valence-electron chi connectivity index (χ1n) is 4.46. The van der Waals surface area contributed by atoms with Crippen LogP contribution in [-0.4, -0.2) is 54.1 Å². The molecule has 1 N–H and O–H groups in total. The van der Waals surface area contributed by atoms with Gasteiger partial charge in [-0.2, -0.15) is 5.26 Å². The Morgan fingerprint density at radius 1 is 1.40 bits per heavy atom. The van der Waals surface area contributed by atoms with E-state index in [0.29, 0.717) is 6.54 Å². The third-order valence-corrected chi connectivity index (χ3v) is 1.79. The Hall–Kier alpha value is -1.77. The fraction of sp³-hybridized carbons (Fsp3) is 0.667. The minimum absolute atomic E-state index is 0.267. The molecule has 0 aromatic heterocycles. The van der Waals surface area contributed by atoms with E-state index in [2.05, 4.69) is 0 Å². The number of carboxylic acids is 1. The first-order valence-corrected chi connectivity index (χ1v) is 4.46. The molecular weight excluding hydrogens is 198 g/mol. The standard InChI is InChI=1S/C9H15N3O3/c1-7(4-10)5-11(2)9(15)12(3)6-8(13)14/h7H,5-6H2,1-3H3,(H,13,14). The number of carbonyl (C=O) groups excluding carboxylic acids is 1. The van der Waals surface area contributed by atoms with Crippen molar-refractivity contribution in [3.05, 3.63) is 0 Å². The summed E-state index contributed by atoms with van der Waals surface area (Å²) >= 11 is 0. The summed E-state index contributed by atoms with van der Waals surface area (Å²) in [5.41, 5.74) is 0. The van der Waals surface area contributed by atoms with Gasteiger partial charge in [0, 0.05) is 20.6 Å². The van der Waals surface area contributed by atoms with Gasteiger partial charge in [0.1, 0.15) is 6.54 Å². The summed E-state index contributed by atoms with van der Waals surface area (Å²) in [6, 6.07) is 1.60. The highest BCUT2D eigenvalue weighted by Gasteiger charge is 2.17. The molecule has 0 aromatic carbocycles. The monoisotopic (exact) mass is 213 g/mol. The number of urea groups is 1. The van der Waals surface area contributed by atoms with Crippen LogP contribution in [0.3, 0.4) is 0 Å². The van der Waals surface area contributed by atoms with Crippen LogP contribution in [0.25, 0.3) is 0 Å². The molecule has 0 aliphatic rings. The van der Waals surface area contributed by atoms with Crippen molar-refractivity contribution in [3.63, 3.8) is 0 Å². The average molecular weight is 213 g/mol. The molecule has 1 unspecified atom stereocenters. The molecule has 0 radical (unpaired) electrons. The Morgan fingerprint density at radius 2 is 1.93 bits per heavy atom. The molecule has 2 amide bonds. The van der Waals surface area contributed by atoms with Gasteiger partial charge < -0.3 is 14.9 Å². The minimum atomic E-state index is -1.06. The molecule has 6 heteroatoms. The molecule has 6 nitrogen and oxygen atoms in total. The van der Waals surface area contributed by atoms with Crippen molar-refractivity contribution < 1.29 is 14.7 Å². The molecule has 0 saturated carbocycles. The molecule has 0 aliphatic heterocycles. The van der Waals surface area contributed by atoms with Crippen LogP contribution in [0.1, 0.15) is 6.92 Å². The molecule has 15 heavy (non-hydrogen) atoms. The summed E-state index contributed by atoms with van der Waals surface area (Å²) in [7, 11) is 2.94. The maximum absolute atomic E-state index is 11.5. The summed E-state index contributed by atoms with van der Waals surface area (Å²) in [5, 5.41) is 17.0. The highest BCUT2D eigenvalue weighted by Crippen LogP contribution is 1.99. The van der Waals surface area contributed by atoms with E-state index < -0.39 is 12.0 Å². The number of carboxylic acid groups (broad SMARTS) is 1. The molecule has 0 spiro atoms. The van der Waals surface area contributed by atoms with Crippen LogP contribution < -0.4 is 0 Å². The van der Waals surface area contributed by atoms with Crippen LogP contribution in [0.2, 0.25) is 0 Å². The molecule has 0 rings (SSSR count). The van der Waals surface area contributed by atoms with E-state index in [1.165, 1.54) is 19.0 Å². The van der Waals surface area contributed by atoms with Gasteiger partial charge in [0.15, 0.2) is 0 Å². The van der Waals surface area contributed by atoms with E-state index in [0.717, 1.165) is 4.90 Å². The Bertz CT molecular complexity index is 285. The van der Waals surface area contributed by atoms with Crippen molar-refractivity contribution in [1.82, 2.24) is 9.80 Å². The second kappa shape index (κ2) is 5.86. The molecule has 0 bridgehead atoms. The Labute approximate surface area is 88.7 Å². The zero-order valence-electron chi connectivity index (χ0n) is 9.10. The number of hydrogen-bond donors (Lipinski definition) is 1. The van der Waals surface area contributed by atoms with Crippen LogP contribution in [0.4, 0.5) is 4.79 Å². The highest BCUT2D eigenvalue weighted by molar-refractivity contribution is 5.79. The zero-order chi connectivity index (χ0) is 12.0. The first-order chi connectivity index (χ1) is 6.88. The molecule has 0 aliphatic carbocycles. The Morgan fingerprint density at radius 3 is 2.33 bits per heavy atom. The van der Waals surface area contributed by atoms with Gasteiger partial charge >= 0.3 is 12.0 Å². The summed E-state index contributed by atoms with van der Waals surface area (Å²) in [6.07, 6.45) is 0. The molecule has 0 heterocycles. The normalized spacial score (nSPS) is 11.3. The SMILES string of the molecule is CC(C#N)CN(C)C(=O)N(C)CC(=O)O. The van der Waals surface area contributed by atoms with Gasteiger partial charge in [0.2, 0.25) is 0 Å². The van der Waals surface area contributed by atoms with E-state index in [1.807, 2.05) is 6.07 Å². The fourth-order valence-electron chi connectivity index (χ4n) is 1.09. The maximum atomic E-state index is 11.5. The highest BCUT2D eigenvalue weighted by atomic mass is 16.4. The lowest BCUT2D eigenvalue weighted by molar-refractivity contribution is -0.137. The second-order valence-corrected chi connectivity index (χ2v) is 3.44. The third kappa shape index (κ3) is 4.86. The summed E-state index contributed by atoms with van der Waals surface area (Å²) in [4.78, 5) is 24.3. The van der Waals surface area contributed by atoms with Crippen molar-refractivity contribution in [1.29, 1.82) is 5.26 Å². The number of nitrogens with zero attached hydrogens (tertiary/aromatic N) is 3. The van der Waals surface area contributed by atoms with Gasteiger partial charge in [0.25, 0.3) is 0 Å². The number of carbonyl (C=O) groups is 2. The first kappa shape index (κ1) is 13.2. The van der Waals surface area contributed by atoms with E-state index in [-0.39, 0.29) is 12.5 Å². The van der Waals surface area contributed by atoms with Crippen molar-refractivity contribution in [3.8, 4) is 6.07 Å². The average Bonchev–Trinajstić information content (AvgIpc) is 2.15. The number of nitriles is 1. The molecule has 0 aromatic rings. The lowest BCUT2D eigenvalue weighted by atomic mass is 10.2. The topological polar surface area (TPSA) is 84.6 Å². The Balaban J connectivity index is 4.20. The summed E-state index contributed by atoms with van der Waals surface area (Å²) < 4.78 is 0. The van der Waals surface area contributed by atoms with E-state index >= 15 is 0 Å². The minimum Gasteiger partial charge on any atom is -0.480 e.